The monoisotopic (exact) mass is 464 g/mol. The lowest BCUT2D eigenvalue weighted by molar-refractivity contribution is -0.120. The van der Waals surface area contributed by atoms with Crippen molar-refractivity contribution in [3.8, 4) is 0 Å². The van der Waals surface area contributed by atoms with Crippen LogP contribution >= 0.6 is 0 Å². The van der Waals surface area contributed by atoms with E-state index in [0.29, 0.717) is 12.1 Å². The smallest absolute Gasteiger partial charge is 0.264 e. The Hall–Kier alpha value is -3.12. The summed E-state index contributed by atoms with van der Waals surface area (Å²) in [5.41, 5.74) is 5.65. The second kappa shape index (κ2) is 10.2. The third-order valence-corrected chi connectivity index (χ3v) is 7.52. The number of carbonyl (C=O) groups excluding carboxylic acids is 1. The lowest BCUT2D eigenvalue weighted by Gasteiger charge is -2.26. The van der Waals surface area contributed by atoms with E-state index in [2.05, 4.69) is 11.4 Å². The van der Waals surface area contributed by atoms with Gasteiger partial charge in [-0.05, 0) is 75.1 Å². The first-order valence-electron chi connectivity index (χ1n) is 11.1. The molecular weight excluding hydrogens is 432 g/mol. The van der Waals surface area contributed by atoms with Gasteiger partial charge in [-0.1, -0.05) is 60.5 Å². The first-order valence-corrected chi connectivity index (χ1v) is 12.6. The molecule has 0 saturated carbocycles. The van der Waals surface area contributed by atoms with E-state index in [1.165, 1.54) is 4.31 Å². The van der Waals surface area contributed by atoms with E-state index in [1.807, 2.05) is 52.8 Å². The Balaban J connectivity index is 1.92. The van der Waals surface area contributed by atoms with Crippen LogP contribution in [0.4, 0.5) is 5.69 Å². The standard InChI is InChI=1S/C27H32N2O3S/c1-6-26(25-15-12-21(4)16-22(25)5)28-27(30)18-29(23-9-7-8-20(3)17-23)33(31,32)24-13-10-19(2)11-14-24/h7-17,26H,6,18H2,1-5H3,(H,28,30). The van der Waals surface area contributed by atoms with Gasteiger partial charge in [0.2, 0.25) is 5.91 Å². The summed E-state index contributed by atoms with van der Waals surface area (Å²) in [6.45, 7) is 9.56. The van der Waals surface area contributed by atoms with Crippen molar-refractivity contribution in [1.82, 2.24) is 5.32 Å². The van der Waals surface area contributed by atoms with Gasteiger partial charge >= 0.3 is 0 Å². The molecular formula is C27H32N2O3S. The summed E-state index contributed by atoms with van der Waals surface area (Å²) in [7, 11) is -3.93. The van der Waals surface area contributed by atoms with Gasteiger partial charge in [-0.3, -0.25) is 9.10 Å². The highest BCUT2D eigenvalue weighted by molar-refractivity contribution is 7.92. The molecule has 3 aromatic rings. The van der Waals surface area contributed by atoms with Gasteiger partial charge in [0.1, 0.15) is 6.54 Å². The Morgan fingerprint density at radius 1 is 0.879 bits per heavy atom. The van der Waals surface area contributed by atoms with Crippen molar-refractivity contribution in [3.05, 3.63) is 94.5 Å². The van der Waals surface area contributed by atoms with Crippen molar-refractivity contribution in [2.45, 2.75) is 52.0 Å². The molecule has 0 heterocycles. The van der Waals surface area contributed by atoms with Crippen LogP contribution in [-0.2, 0) is 14.8 Å². The molecule has 0 saturated heterocycles. The third kappa shape index (κ3) is 5.82. The van der Waals surface area contributed by atoms with Gasteiger partial charge in [0, 0.05) is 0 Å². The summed E-state index contributed by atoms with van der Waals surface area (Å²) in [4.78, 5) is 13.3. The molecule has 0 fully saturated rings. The first kappa shape index (κ1) is 24.5. The van der Waals surface area contributed by atoms with Gasteiger partial charge in [-0.15, -0.1) is 0 Å². The minimum absolute atomic E-state index is 0.156. The van der Waals surface area contributed by atoms with E-state index in [-0.39, 0.29) is 23.4 Å². The second-order valence-electron chi connectivity index (χ2n) is 8.55. The van der Waals surface area contributed by atoms with Gasteiger partial charge in [-0.25, -0.2) is 8.42 Å². The van der Waals surface area contributed by atoms with Crippen LogP contribution in [0.15, 0.2) is 71.6 Å². The Morgan fingerprint density at radius 2 is 1.52 bits per heavy atom. The van der Waals surface area contributed by atoms with Crippen LogP contribution in [0.2, 0.25) is 0 Å². The van der Waals surface area contributed by atoms with Crippen molar-refractivity contribution in [1.29, 1.82) is 0 Å². The molecule has 0 spiro atoms. The van der Waals surface area contributed by atoms with E-state index in [0.717, 1.165) is 27.8 Å². The summed E-state index contributed by atoms with van der Waals surface area (Å²) in [5, 5.41) is 3.05. The lowest BCUT2D eigenvalue weighted by Crippen LogP contribution is -2.42. The van der Waals surface area contributed by atoms with Crippen LogP contribution in [0.25, 0.3) is 0 Å². The van der Waals surface area contributed by atoms with E-state index in [4.69, 9.17) is 0 Å². The molecule has 1 amide bonds. The minimum Gasteiger partial charge on any atom is -0.348 e. The summed E-state index contributed by atoms with van der Waals surface area (Å²) in [6, 6.07) is 19.8. The number of benzene rings is 3. The van der Waals surface area contributed by atoms with Gasteiger partial charge in [-0.2, -0.15) is 0 Å². The van der Waals surface area contributed by atoms with E-state index in [9.17, 15) is 13.2 Å². The number of anilines is 1. The zero-order chi connectivity index (χ0) is 24.2. The maximum Gasteiger partial charge on any atom is 0.264 e. The fraction of sp³-hybridized carbons (Fsp3) is 0.296. The summed E-state index contributed by atoms with van der Waals surface area (Å²) in [5.74, 6) is -0.348. The highest BCUT2D eigenvalue weighted by atomic mass is 32.2. The number of sulfonamides is 1. The summed E-state index contributed by atoms with van der Waals surface area (Å²) >= 11 is 0. The number of rotatable bonds is 8. The van der Waals surface area contributed by atoms with Gasteiger partial charge in [0.15, 0.2) is 0 Å². The second-order valence-corrected chi connectivity index (χ2v) is 10.4. The predicted molar refractivity (Wildman–Crippen MR) is 134 cm³/mol. The maximum absolute atomic E-state index is 13.6. The van der Waals surface area contributed by atoms with Crippen LogP contribution in [0.5, 0.6) is 0 Å². The van der Waals surface area contributed by atoms with E-state index in [1.54, 1.807) is 42.5 Å². The topological polar surface area (TPSA) is 66.5 Å². The molecule has 33 heavy (non-hydrogen) atoms. The van der Waals surface area contributed by atoms with Crippen molar-refractivity contribution < 1.29 is 13.2 Å². The Kier molecular flexibility index (Phi) is 7.59. The van der Waals surface area contributed by atoms with Gasteiger partial charge in [0.05, 0.1) is 16.6 Å². The highest BCUT2D eigenvalue weighted by Gasteiger charge is 2.28. The van der Waals surface area contributed by atoms with Crippen molar-refractivity contribution in [2.75, 3.05) is 10.8 Å². The average Bonchev–Trinajstić information content (AvgIpc) is 2.76. The molecule has 0 aliphatic carbocycles. The summed E-state index contributed by atoms with van der Waals surface area (Å²) < 4.78 is 28.3. The van der Waals surface area contributed by atoms with Gasteiger partial charge in [0.25, 0.3) is 10.0 Å². The molecule has 0 radical (unpaired) electrons. The molecule has 174 valence electrons. The molecule has 0 bridgehead atoms. The average molecular weight is 465 g/mol. The van der Waals surface area contributed by atoms with Crippen molar-refractivity contribution in [2.24, 2.45) is 0 Å². The molecule has 5 nitrogen and oxygen atoms in total. The van der Waals surface area contributed by atoms with E-state index < -0.39 is 10.0 Å². The zero-order valence-electron chi connectivity index (χ0n) is 19.9. The Labute approximate surface area is 197 Å². The van der Waals surface area contributed by atoms with Crippen molar-refractivity contribution in [3.63, 3.8) is 0 Å². The molecule has 1 N–H and O–H groups in total. The quantitative estimate of drug-likeness (QED) is 0.486. The molecule has 3 aromatic carbocycles. The largest absolute Gasteiger partial charge is 0.348 e. The number of carbonyl (C=O) groups is 1. The van der Waals surface area contributed by atoms with Gasteiger partial charge < -0.3 is 5.32 Å². The molecule has 0 aromatic heterocycles. The molecule has 0 aliphatic heterocycles. The minimum atomic E-state index is -3.93. The van der Waals surface area contributed by atoms with Crippen LogP contribution in [0.3, 0.4) is 0 Å². The summed E-state index contributed by atoms with van der Waals surface area (Å²) in [6.07, 6.45) is 0.699. The maximum atomic E-state index is 13.6. The number of nitrogens with one attached hydrogen (secondary N) is 1. The Morgan fingerprint density at radius 3 is 2.12 bits per heavy atom. The molecule has 3 rings (SSSR count). The first-order chi connectivity index (χ1) is 15.6. The fourth-order valence-corrected chi connectivity index (χ4v) is 5.34. The number of amides is 1. The normalized spacial score (nSPS) is 12.3. The molecule has 6 heteroatoms. The van der Waals surface area contributed by atoms with E-state index >= 15 is 0 Å². The Bertz CT molecular complexity index is 1230. The molecule has 1 atom stereocenters. The molecule has 1 unspecified atom stereocenters. The SMILES string of the molecule is CCC(NC(=O)CN(c1cccc(C)c1)S(=O)(=O)c1ccc(C)cc1)c1ccc(C)cc1C. The number of hydrogen-bond donors (Lipinski definition) is 1. The molecule has 0 aliphatic rings. The lowest BCUT2D eigenvalue weighted by atomic mass is 9.97. The van der Waals surface area contributed by atoms with Crippen LogP contribution in [0.1, 0.15) is 47.2 Å². The van der Waals surface area contributed by atoms with Crippen LogP contribution < -0.4 is 9.62 Å². The number of nitrogens with zero attached hydrogens (tertiary/aromatic N) is 1. The fourth-order valence-electron chi connectivity index (χ4n) is 3.92. The third-order valence-electron chi connectivity index (χ3n) is 5.73. The highest BCUT2D eigenvalue weighted by Crippen LogP contribution is 2.26. The number of hydrogen-bond acceptors (Lipinski definition) is 3. The zero-order valence-corrected chi connectivity index (χ0v) is 20.7. The van der Waals surface area contributed by atoms with Crippen LogP contribution in [-0.4, -0.2) is 20.9 Å². The van der Waals surface area contributed by atoms with Crippen LogP contribution in [0, 0.1) is 27.7 Å². The predicted octanol–water partition coefficient (Wildman–Crippen LogP) is 5.38. The number of aryl methyl sites for hydroxylation is 4. The van der Waals surface area contributed by atoms with Crippen molar-refractivity contribution >= 4 is 21.6 Å².